The zero-order chi connectivity index (χ0) is 40.7. The van der Waals surface area contributed by atoms with Gasteiger partial charge < -0.3 is 39.9 Å². The van der Waals surface area contributed by atoms with Gasteiger partial charge in [0, 0.05) is 12.8 Å². The van der Waals surface area contributed by atoms with Crippen LogP contribution in [0.2, 0.25) is 0 Å². The molecule has 1 fully saturated rings. The minimum absolute atomic E-state index is 0.0949. The first-order chi connectivity index (χ1) is 26.4. The van der Waals surface area contributed by atoms with Crippen molar-refractivity contribution in [2.45, 2.75) is 210 Å². The van der Waals surface area contributed by atoms with Gasteiger partial charge in [-0.05, 0) is 44.9 Å². The second kappa shape index (κ2) is 32.3. The smallest absolute Gasteiger partial charge is 0.462 e. The SMILES string of the molecule is C=CCCCCCCCCCCCCCCCC(=O)O[C@H](COC(=O)CCCCCCC/C=C/CCCC)COP(=O)(O)OC1C(O)C(O)C(O)[C@@H](O)C1O. The van der Waals surface area contributed by atoms with Crippen molar-refractivity contribution in [3.8, 4) is 0 Å². The van der Waals surface area contributed by atoms with Gasteiger partial charge in [0.2, 0.25) is 0 Å². The molecule has 0 aliphatic heterocycles. The summed E-state index contributed by atoms with van der Waals surface area (Å²) in [5.41, 5.74) is 0. The first-order valence-corrected chi connectivity index (χ1v) is 22.6. The second-order valence-electron chi connectivity index (χ2n) is 14.9. The largest absolute Gasteiger partial charge is 0.472 e. The molecule has 0 radical (unpaired) electrons. The van der Waals surface area contributed by atoms with Crippen molar-refractivity contribution in [3.05, 3.63) is 24.8 Å². The molecule has 0 aromatic heterocycles. The number of allylic oxidation sites excluding steroid dienone is 3. The molecule has 0 amide bonds. The Labute approximate surface area is 330 Å². The number of carbonyl (C=O) groups excluding carboxylic acids is 2. The summed E-state index contributed by atoms with van der Waals surface area (Å²) in [6.07, 6.45) is 18.5. The molecule has 6 unspecified atom stereocenters. The normalized spacial score (nSPS) is 23.0. The highest BCUT2D eigenvalue weighted by molar-refractivity contribution is 7.47. The fourth-order valence-electron chi connectivity index (χ4n) is 6.42. The van der Waals surface area contributed by atoms with Gasteiger partial charge in [0.25, 0.3) is 0 Å². The van der Waals surface area contributed by atoms with Crippen LogP contribution in [0.5, 0.6) is 0 Å². The van der Waals surface area contributed by atoms with Crippen LogP contribution >= 0.6 is 7.82 Å². The number of esters is 2. The van der Waals surface area contributed by atoms with E-state index in [0.717, 1.165) is 70.6 Å². The van der Waals surface area contributed by atoms with Gasteiger partial charge in [-0.25, -0.2) is 4.57 Å². The summed E-state index contributed by atoms with van der Waals surface area (Å²) < 4.78 is 33.4. The molecular weight excluding hydrogens is 731 g/mol. The van der Waals surface area contributed by atoms with E-state index in [1.165, 1.54) is 64.2 Å². The van der Waals surface area contributed by atoms with Crippen LogP contribution in [-0.4, -0.2) is 98.3 Å². The Morgan fingerprint density at radius 1 is 0.600 bits per heavy atom. The third-order valence-corrected chi connectivity index (χ3v) is 10.9. The van der Waals surface area contributed by atoms with Crippen molar-refractivity contribution in [1.29, 1.82) is 0 Å². The van der Waals surface area contributed by atoms with Gasteiger partial charge >= 0.3 is 19.8 Å². The number of aliphatic hydroxyl groups is 5. The zero-order valence-electron chi connectivity index (χ0n) is 33.6. The summed E-state index contributed by atoms with van der Waals surface area (Å²) in [6, 6.07) is 0. The van der Waals surface area contributed by atoms with Crippen molar-refractivity contribution in [2.24, 2.45) is 0 Å². The Morgan fingerprint density at radius 3 is 1.51 bits per heavy atom. The molecule has 322 valence electrons. The van der Waals surface area contributed by atoms with Crippen LogP contribution in [0.15, 0.2) is 24.8 Å². The summed E-state index contributed by atoms with van der Waals surface area (Å²) in [5, 5.41) is 50.0. The van der Waals surface area contributed by atoms with E-state index in [2.05, 4.69) is 25.7 Å². The monoisotopic (exact) mass is 806 g/mol. The number of ether oxygens (including phenoxy) is 2. The quantitative estimate of drug-likeness (QED) is 0.0161. The average molecular weight is 807 g/mol. The predicted octanol–water partition coefficient (Wildman–Crippen LogP) is 7.28. The molecule has 6 N–H and O–H groups in total. The van der Waals surface area contributed by atoms with Crippen molar-refractivity contribution in [1.82, 2.24) is 0 Å². The molecule has 1 aliphatic carbocycles. The highest BCUT2D eigenvalue weighted by atomic mass is 31.2. The van der Waals surface area contributed by atoms with Crippen LogP contribution < -0.4 is 0 Å². The fraction of sp³-hybridized carbons (Fsp3) is 0.854. The Bertz CT molecular complexity index is 1060. The van der Waals surface area contributed by atoms with Gasteiger partial charge in [-0.3, -0.25) is 18.6 Å². The summed E-state index contributed by atoms with van der Waals surface area (Å²) in [7, 11) is -5.11. The van der Waals surface area contributed by atoms with E-state index in [9.17, 15) is 44.6 Å². The highest BCUT2D eigenvalue weighted by Gasteiger charge is 2.51. The standard InChI is InChI=1S/C41H75O13P/c1-3-5-7-9-11-13-15-16-17-18-20-22-24-26-28-30-35(43)53-33(31-51-34(42)29-27-25-23-21-19-14-12-10-8-6-4-2)32-52-55(49,50)54-41-39(47)37(45)36(44)38(46)40(41)48/h3,10,12,33,36-41,44-48H,1,4-9,11,13-32H2,2H3,(H,49,50)/b12-10+/t33-,36?,37-,38?,39?,40?,41?/m1/s1. The summed E-state index contributed by atoms with van der Waals surface area (Å²) in [4.78, 5) is 35.5. The molecule has 1 rings (SSSR count). The van der Waals surface area contributed by atoms with Crippen molar-refractivity contribution >= 4 is 19.8 Å². The third-order valence-electron chi connectivity index (χ3n) is 9.91. The van der Waals surface area contributed by atoms with E-state index in [-0.39, 0.29) is 12.8 Å². The third kappa shape index (κ3) is 25.3. The van der Waals surface area contributed by atoms with E-state index in [1.807, 2.05) is 6.08 Å². The maximum atomic E-state index is 12.8. The number of hydrogen-bond donors (Lipinski definition) is 6. The lowest BCUT2D eigenvalue weighted by Crippen LogP contribution is -2.64. The minimum atomic E-state index is -5.11. The number of unbranched alkanes of at least 4 members (excludes halogenated alkanes) is 20. The van der Waals surface area contributed by atoms with Crippen molar-refractivity contribution in [3.63, 3.8) is 0 Å². The molecule has 8 atom stereocenters. The maximum Gasteiger partial charge on any atom is 0.472 e. The van der Waals surface area contributed by atoms with Crippen LogP contribution in [-0.2, 0) is 32.7 Å². The van der Waals surface area contributed by atoms with E-state index in [1.54, 1.807) is 0 Å². The summed E-state index contributed by atoms with van der Waals surface area (Å²) >= 11 is 0. The first-order valence-electron chi connectivity index (χ1n) is 21.1. The van der Waals surface area contributed by atoms with Crippen LogP contribution in [0.3, 0.4) is 0 Å². The molecule has 1 aliphatic rings. The molecule has 1 saturated carbocycles. The van der Waals surface area contributed by atoms with Crippen molar-refractivity contribution in [2.75, 3.05) is 13.2 Å². The number of hydrogen-bond acceptors (Lipinski definition) is 12. The van der Waals surface area contributed by atoms with Crippen LogP contribution in [0.1, 0.15) is 167 Å². The highest BCUT2D eigenvalue weighted by Crippen LogP contribution is 2.47. The molecule has 0 saturated heterocycles. The van der Waals surface area contributed by atoms with Gasteiger partial charge in [0.05, 0.1) is 6.61 Å². The predicted molar refractivity (Wildman–Crippen MR) is 212 cm³/mol. The van der Waals surface area contributed by atoms with Gasteiger partial charge in [0.1, 0.15) is 43.2 Å². The number of phosphoric ester groups is 1. The van der Waals surface area contributed by atoms with E-state index >= 15 is 0 Å². The minimum Gasteiger partial charge on any atom is -0.462 e. The molecular formula is C41H75O13P. The van der Waals surface area contributed by atoms with E-state index in [0.29, 0.717) is 12.8 Å². The van der Waals surface area contributed by atoms with Gasteiger partial charge in [-0.15, -0.1) is 6.58 Å². The van der Waals surface area contributed by atoms with Gasteiger partial charge in [-0.1, -0.05) is 128 Å². The Morgan fingerprint density at radius 2 is 1.02 bits per heavy atom. The topological polar surface area (TPSA) is 210 Å². The van der Waals surface area contributed by atoms with Gasteiger partial charge in [-0.2, -0.15) is 0 Å². The lowest BCUT2D eigenvalue weighted by atomic mass is 9.85. The average Bonchev–Trinajstić information content (AvgIpc) is 3.16. The van der Waals surface area contributed by atoms with Crippen LogP contribution in [0.4, 0.5) is 0 Å². The molecule has 14 heteroatoms. The lowest BCUT2D eigenvalue weighted by Gasteiger charge is -2.41. The Hall–Kier alpha value is -1.67. The van der Waals surface area contributed by atoms with E-state index < -0.39 is 75.7 Å². The summed E-state index contributed by atoms with van der Waals surface area (Å²) in [5.74, 6) is -1.11. The summed E-state index contributed by atoms with van der Waals surface area (Å²) in [6.45, 7) is 4.76. The number of rotatable bonds is 35. The molecule has 0 aromatic rings. The molecule has 55 heavy (non-hydrogen) atoms. The maximum absolute atomic E-state index is 12.8. The van der Waals surface area contributed by atoms with Gasteiger partial charge in [0.15, 0.2) is 6.10 Å². The first kappa shape index (κ1) is 51.3. The molecule has 13 nitrogen and oxygen atoms in total. The van der Waals surface area contributed by atoms with E-state index in [4.69, 9.17) is 18.5 Å². The second-order valence-corrected chi connectivity index (χ2v) is 16.3. The lowest BCUT2D eigenvalue weighted by molar-refractivity contribution is -0.220. The van der Waals surface area contributed by atoms with Crippen LogP contribution in [0, 0.1) is 0 Å². The fourth-order valence-corrected chi connectivity index (χ4v) is 7.40. The number of phosphoric acid groups is 1. The molecule has 0 spiro atoms. The molecule has 0 heterocycles. The Kier molecular flexibility index (Phi) is 30.2. The molecule has 0 aromatic carbocycles. The Balaban J connectivity index is 2.49. The zero-order valence-corrected chi connectivity index (χ0v) is 34.5. The molecule has 0 bridgehead atoms. The van der Waals surface area contributed by atoms with Crippen LogP contribution in [0.25, 0.3) is 0 Å². The number of carbonyl (C=O) groups is 2. The number of aliphatic hydroxyl groups excluding tert-OH is 5. The van der Waals surface area contributed by atoms with Crippen molar-refractivity contribution < 1.29 is 63.1 Å².